The van der Waals surface area contributed by atoms with Gasteiger partial charge in [-0.05, 0) is 12.1 Å². The quantitative estimate of drug-likeness (QED) is 0.707. The largest absolute Gasteiger partial charge is 0.374 e. The number of hydrogen-bond acceptors (Lipinski definition) is 4. The minimum Gasteiger partial charge on any atom is -0.374 e. The summed E-state index contributed by atoms with van der Waals surface area (Å²) in [5.41, 5.74) is 1.86. The molecule has 0 aromatic heterocycles. The van der Waals surface area contributed by atoms with Crippen molar-refractivity contribution in [1.82, 2.24) is 0 Å². The Kier molecular flexibility index (Phi) is 2.06. The zero-order valence-electron chi connectivity index (χ0n) is 6.96. The first-order valence-electron chi connectivity index (χ1n) is 3.96. The van der Waals surface area contributed by atoms with E-state index in [1.807, 2.05) is 30.3 Å². The summed E-state index contributed by atoms with van der Waals surface area (Å²) in [6.45, 7) is -0.164. The molecule has 0 spiro atoms. The van der Waals surface area contributed by atoms with Gasteiger partial charge in [0.05, 0.1) is 11.9 Å². The van der Waals surface area contributed by atoms with Crippen LogP contribution in [0.5, 0.6) is 0 Å². The average Bonchev–Trinajstić information content (AvgIpc) is 2.39. The van der Waals surface area contributed by atoms with Crippen LogP contribution in [0.1, 0.15) is 5.56 Å². The molecule has 2 rings (SSSR count). The molecule has 0 bridgehead atoms. The van der Waals surface area contributed by atoms with Crippen molar-refractivity contribution in [2.75, 3.05) is 11.7 Å². The van der Waals surface area contributed by atoms with E-state index in [4.69, 9.17) is 5.11 Å². The summed E-state index contributed by atoms with van der Waals surface area (Å²) in [6, 6.07) is 7.67. The molecular weight excluding hydrogens is 166 g/mol. The smallest absolute Gasteiger partial charge is 0.138 e. The van der Waals surface area contributed by atoms with Crippen molar-refractivity contribution in [2.24, 2.45) is 10.3 Å². The van der Waals surface area contributed by atoms with Gasteiger partial charge in [0, 0.05) is 5.56 Å². The SMILES string of the molecule is OCN1N=NC=Cc2ccccc21. The van der Waals surface area contributed by atoms with Crippen LogP contribution < -0.4 is 5.01 Å². The van der Waals surface area contributed by atoms with E-state index in [1.165, 1.54) is 5.01 Å². The lowest BCUT2D eigenvalue weighted by Crippen LogP contribution is -2.16. The molecule has 13 heavy (non-hydrogen) atoms. The highest BCUT2D eigenvalue weighted by Crippen LogP contribution is 2.23. The molecule has 0 aliphatic carbocycles. The summed E-state index contributed by atoms with van der Waals surface area (Å²) in [5, 5.41) is 18.0. The third-order valence-electron chi connectivity index (χ3n) is 1.83. The van der Waals surface area contributed by atoms with Crippen LogP contribution in [0.4, 0.5) is 5.69 Å². The number of nitrogens with zero attached hydrogens (tertiary/aromatic N) is 3. The van der Waals surface area contributed by atoms with Crippen LogP contribution in [0, 0.1) is 0 Å². The highest BCUT2D eigenvalue weighted by atomic mass is 16.3. The van der Waals surface area contributed by atoms with E-state index in [-0.39, 0.29) is 6.73 Å². The van der Waals surface area contributed by atoms with Gasteiger partial charge in [-0.15, -0.1) is 5.11 Å². The van der Waals surface area contributed by atoms with E-state index >= 15 is 0 Å². The lowest BCUT2D eigenvalue weighted by atomic mass is 10.2. The number of para-hydroxylation sites is 1. The van der Waals surface area contributed by atoms with Gasteiger partial charge in [-0.3, -0.25) is 0 Å². The van der Waals surface area contributed by atoms with Gasteiger partial charge in [-0.25, -0.2) is 5.01 Å². The van der Waals surface area contributed by atoms with Gasteiger partial charge < -0.3 is 5.11 Å². The molecule has 1 aliphatic rings. The van der Waals surface area contributed by atoms with Gasteiger partial charge in [-0.1, -0.05) is 23.4 Å². The minimum absolute atomic E-state index is 0.164. The zero-order valence-corrected chi connectivity index (χ0v) is 6.96. The Morgan fingerprint density at radius 2 is 2.15 bits per heavy atom. The number of aliphatic hydroxyl groups excluding tert-OH is 1. The molecule has 1 N–H and O–H groups in total. The Bertz CT molecular complexity index is 360. The van der Waals surface area contributed by atoms with Gasteiger partial charge in [0.15, 0.2) is 0 Å². The molecule has 0 saturated carbocycles. The van der Waals surface area contributed by atoms with E-state index in [2.05, 4.69) is 10.3 Å². The van der Waals surface area contributed by atoms with Crippen molar-refractivity contribution >= 4 is 11.8 Å². The molecule has 0 amide bonds. The second-order valence-corrected chi connectivity index (χ2v) is 2.62. The molecule has 4 nitrogen and oxygen atoms in total. The van der Waals surface area contributed by atoms with Crippen LogP contribution in [0.15, 0.2) is 40.8 Å². The summed E-state index contributed by atoms with van der Waals surface area (Å²) in [4.78, 5) is 0. The van der Waals surface area contributed by atoms with Crippen LogP contribution in [0.25, 0.3) is 6.08 Å². The Balaban J connectivity index is 2.50. The van der Waals surface area contributed by atoms with Gasteiger partial charge >= 0.3 is 0 Å². The Hall–Kier alpha value is -1.68. The van der Waals surface area contributed by atoms with Crippen molar-refractivity contribution < 1.29 is 5.11 Å². The van der Waals surface area contributed by atoms with Crippen molar-refractivity contribution in [3.63, 3.8) is 0 Å². The first kappa shape index (κ1) is 7.94. The van der Waals surface area contributed by atoms with Crippen LogP contribution in [-0.2, 0) is 0 Å². The molecule has 0 saturated heterocycles. The fraction of sp³-hybridized carbons (Fsp3) is 0.111. The van der Waals surface area contributed by atoms with E-state index in [1.54, 1.807) is 6.20 Å². The predicted octanol–water partition coefficient (Wildman–Crippen LogP) is 1.79. The zero-order chi connectivity index (χ0) is 9.10. The minimum atomic E-state index is -0.164. The Morgan fingerprint density at radius 3 is 3.00 bits per heavy atom. The summed E-state index contributed by atoms with van der Waals surface area (Å²) in [7, 11) is 0. The molecule has 1 aliphatic heterocycles. The molecule has 1 heterocycles. The van der Waals surface area contributed by atoms with E-state index in [0.717, 1.165) is 11.3 Å². The third kappa shape index (κ3) is 1.43. The fourth-order valence-corrected chi connectivity index (χ4v) is 1.22. The maximum atomic E-state index is 9.01. The number of fused-ring (bicyclic) bond motifs is 1. The average molecular weight is 175 g/mol. The van der Waals surface area contributed by atoms with E-state index in [0.29, 0.717) is 0 Å². The Morgan fingerprint density at radius 1 is 1.31 bits per heavy atom. The molecule has 1 aromatic rings. The molecule has 0 radical (unpaired) electrons. The summed E-state index contributed by atoms with van der Waals surface area (Å²) in [6.07, 6.45) is 3.46. The molecule has 0 unspecified atom stereocenters. The number of benzene rings is 1. The fourth-order valence-electron chi connectivity index (χ4n) is 1.22. The highest BCUT2D eigenvalue weighted by Gasteiger charge is 2.08. The first-order chi connectivity index (χ1) is 6.42. The second-order valence-electron chi connectivity index (χ2n) is 2.62. The second kappa shape index (κ2) is 3.37. The molecule has 0 atom stereocenters. The first-order valence-corrected chi connectivity index (χ1v) is 3.96. The highest BCUT2D eigenvalue weighted by molar-refractivity contribution is 5.67. The van der Waals surface area contributed by atoms with Gasteiger partial charge in [0.25, 0.3) is 0 Å². The van der Waals surface area contributed by atoms with Gasteiger partial charge in [0.2, 0.25) is 0 Å². The van der Waals surface area contributed by atoms with Crippen molar-refractivity contribution in [3.05, 3.63) is 36.0 Å². The van der Waals surface area contributed by atoms with Gasteiger partial charge in [0.1, 0.15) is 6.73 Å². The van der Waals surface area contributed by atoms with Crippen LogP contribution in [-0.4, -0.2) is 11.8 Å². The number of aliphatic hydroxyl groups is 1. The summed E-state index contributed by atoms with van der Waals surface area (Å²) < 4.78 is 0. The molecule has 66 valence electrons. The van der Waals surface area contributed by atoms with Gasteiger partial charge in [-0.2, -0.15) is 0 Å². The van der Waals surface area contributed by atoms with Crippen molar-refractivity contribution in [3.8, 4) is 0 Å². The maximum absolute atomic E-state index is 9.01. The molecular formula is C9H9N3O. The van der Waals surface area contributed by atoms with Crippen molar-refractivity contribution in [1.29, 1.82) is 0 Å². The lowest BCUT2D eigenvalue weighted by molar-refractivity contribution is 0.290. The lowest BCUT2D eigenvalue weighted by Gasteiger charge is -2.14. The van der Waals surface area contributed by atoms with Crippen LogP contribution in [0.3, 0.4) is 0 Å². The summed E-state index contributed by atoms with van der Waals surface area (Å²) >= 11 is 0. The Labute approximate surface area is 75.8 Å². The number of rotatable bonds is 1. The monoisotopic (exact) mass is 175 g/mol. The maximum Gasteiger partial charge on any atom is 0.138 e. The molecule has 0 fully saturated rings. The van der Waals surface area contributed by atoms with Crippen LogP contribution in [0.2, 0.25) is 0 Å². The van der Waals surface area contributed by atoms with Crippen LogP contribution >= 0.6 is 0 Å². The van der Waals surface area contributed by atoms with Crippen molar-refractivity contribution in [2.45, 2.75) is 0 Å². The molecule has 4 heteroatoms. The van der Waals surface area contributed by atoms with E-state index < -0.39 is 0 Å². The number of anilines is 1. The third-order valence-corrected chi connectivity index (χ3v) is 1.83. The molecule has 1 aromatic carbocycles. The predicted molar refractivity (Wildman–Crippen MR) is 49.9 cm³/mol. The number of hydrogen-bond donors (Lipinski definition) is 1. The topological polar surface area (TPSA) is 48.2 Å². The van der Waals surface area contributed by atoms with E-state index in [9.17, 15) is 0 Å². The standard InChI is InChI=1S/C9H9N3O/c13-7-12-9-4-2-1-3-8(9)5-6-10-11-12/h1-6,13H,7H2. The summed E-state index contributed by atoms with van der Waals surface area (Å²) in [5.74, 6) is 0. The normalized spacial score (nSPS) is 14.1.